The Morgan fingerprint density at radius 2 is 2.10 bits per heavy atom. The molecule has 0 bridgehead atoms. The van der Waals surface area contributed by atoms with Crippen molar-refractivity contribution in [1.29, 1.82) is 0 Å². The zero-order valence-electron chi connectivity index (χ0n) is 12.8. The predicted molar refractivity (Wildman–Crippen MR) is 82.1 cm³/mol. The molecule has 112 valence electrons. The molecule has 1 N–H and O–H groups in total. The van der Waals surface area contributed by atoms with E-state index in [1.54, 1.807) is 11.3 Å². The normalized spacial score (nSPS) is 17.6. The minimum atomic E-state index is 0.222. The Balaban J connectivity index is 1.95. The monoisotopic (exact) mass is 296 g/mol. The minimum absolute atomic E-state index is 0.222. The Hall–Kier alpha value is -0.980. The topological polar surface area (TPSA) is 48.5 Å². The van der Waals surface area contributed by atoms with Gasteiger partial charge in [0.2, 0.25) is 5.91 Å². The average Bonchev–Trinajstić information content (AvgIpc) is 2.77. The molecule has 1 amide bonds. The van der Waals surface area contributed by atoms with Crippen LogP contribution in [0.15, 0.2) is 0 Å². The highest BCUT2D eigenvalue weighted by Crippen LogP contribution is 2.28. The summed E-state index contributed by atoms with van der Waals surface area (Å²) in [7, 11) is 2.01. The van der Waals surface area contributed by atoms with Crippen LogP contribution in [0.3, 0.4) is 0 Å². The highest BCUT2D eigenvalue weighted by Gasteiger charge is 2.22. The lowest BCUT2D eigenvalue weighted by atomic mass is 10.2. The van der Waals surface area contributed by atoms with E-state index in [9.17, 15) is 4.79 Å². The first kappa shape index (κ1) is 15.4. The van der Waals surface area contributed by atoms with E-state index in [1.165, 1.54) is 4.88 Å². The SMILES string of the molecule is Cc1nc(C)c(C(C)N(C)CC(=O)N2CCNCC2)s1. The van der Waals surface area contributed by atoms with E-state index >= 15 is 0 Å². The molecule has 1 saturated heterocycles. The summed E-state index contributed by atoms with van der Waals surface area (Å²) in [6.07, 6.45) is 0. The summed E-state index contributed by atoms with van der Waals surface area (Å²) in [5.41, 5.74) is 1.08. The molecule has 2 heterocycles. The standard InChI is InChI=1S/C14H24N4OS/c1-10-14(20-12(3)16-10)11(2)17(4)9-13(19)18-7-5-15-6-8-18/h11,15H,5-9H2,1-4H3. The van der Waals surface area contributed by atoms with Gasteiger partial charge in [0.25, 0.3) is 0 Å². The zero-order valence-corrected chi connectivity index (χ0v) is 13.6. The number of carbonyl (C=O) groups excluding carboxylic acids is 1. The maximum absolute atomic E-state index is 12.3. The second kappa shape index (κ2) is 6.65. The Labute approximate surface area is 125 Å². The van der Waals surface area contributed by atoms with E-state index in [2.05, 4.69) is 22.1 Å². The van der Waals surface area contributed by atoms with Crippen LogP contribution in [0.1, 0.15) is 28.5 Å². The summed E-state index contributed by atoms with van der Waals surface area (Å²) < 4.78 is 0. The lowest BCUT2D eigenvalue weighted by Crippen LogP contribution is -2.49. The minimum Gasteiger partial charge on any atom is -0.339 e. The van der Waals surface area contributed by atoms with Gasteiger partial charge < -0.3 is 10.2 Å². The van der Waals surface area contributed by atoms with E-state index < -0.39 is 0 Å². The molecule has 1 aromatic rings. The third kappa shape index (κ3) is 3.56. The number of rotatable bonds is 4. The average molecular weight is 296 g/mol. The molecular weight excluding hydrogens is 272 g/mol. The first-order valence-electron chi connectivity index (χ1n) is 7.11. The first-order chi connectivity index (χ1) is 9.49. The van der Waals surface area contributed by atoms with Crippen molar-refractivity contribution in [1.82, 2.24) is 20.1 Å². The van der Waals surface area contributed by atoms with Gasteiger partial charge in [-0.25, -0.2) is 4.98 Å². The molecule has 0 aliphatic carbocycles. The predicted octanol–water partition coefficient (Wildman–Crippen LogP) is 1.18. The number of nitrogens with one attached hydrogen (secondary N) is 1. The number of amides is 1. The van der Waals surface area contributed by atoms with Crippen LogP contribution >= 0.6 is 11.3 Å². The van der Waals surface area contributed by atoms with Crippen LogP contribution in [-0.4, -0.2) is 60.5 Å². The fourth-order valence-corrected chi connectivity index (χ4v) is 3.54. The van der Waals surface area contributed by atoms with Crippen molar-refractivity contribution in [2.45, 2.75) is 26.8 Å². The van der Waals surface area contributed by atoms with Gasteiger partial charge in [0, 0.05) is 37.1 Å². The number of carbonyl (C=O) groups is 1. The summed E-state index contributed by atoms with van der Waals surface area (Å²) in [6.45, 7) is 10.1. The lowest BCUT2D eigenvalue weighted by Gasteiger charge is -2.31. The van der Waals surface area contributed by atoms with E-state index in [0.29, 0.717) is 6.54 Å². The maximum atomic E-state index is 12.3. The number of nitrogens with zero attached hydrogens (tertiary/aromatic N) is 3. The van der Waals surface area contributed by atoms with Crippen molar-refractivity contribution in [2.75, 3.05) is 39.8 Å². The van der Waals surface area contributed by atoms with Crippen molar-refractivity contribution in [3.8, 4) is 0 Å². The number of aromatic nitrogens is 1. The molecule has 1 unspecified atom stereocenters. The molecule has 1 aromatic heterocycles. The first-order valence-corrected chi connectivity index (χ1v) is 7.93. The Morgan fingerprint density at radius 1 is 1.45 bits per heavy atom. The number of thiazole rings is 1. The number of likely N-dealkylation sites (N-methyl/N-ethyl adjacent to an activating group) is 1. The van der Waals surface area contributed by atoms with Crippen molar-refractivity contribution < 1.29 is 4.79 Å². The number of hydrogen-bond acceptors (Lipinski definition) is 5. The van der Waals surface area contributed by atoms with Crippen molar-refractivity contribution >= 4 is 17.2 Å². The molecule has 2 rings (SSSR count). The highest BCUT2D eigenvalue weighted by atomic mass is 32.1. The molecule has 1 aliphatic heterocycles. The molecular formula is C14H24N4OS. The molecule has 6 heteroatoms. The van der Waals surface area contributed by atoms with Gasteiger partial charge in [-0.15, -0.1) is 11.3 Å². The molecule has 1 fully saturated rings. The van der Waals surface area contributed by atoms with Gasteiger partial charge in [0.1, 0.15) is 0 Å². The largest absolute Gasteiger partial charge is 0.339 e. The molecule has 0 spiro atoms. The molecule has 5 nitrogen and oxygen atoms in total. The third-order valence-corrected chi connectivity index (χ3v) is 5.08. The van der Waals surface area contributed by atoms with Crippen LogP contribution in [0, 0.1) is 13.8 Å². The van der Waals surface area contributed by atoms with Gasteiger partial charge in [0.15, 0.2) is 0 Å². The molecule has 20 heavy (non-hydrogen) atoms. The fourth-order valence-electron chi connectivity index (χ4n) is 2.50. The molecule has 1 aliphatic rings. The molecule has 1 atom stereocenters. The lowest BCUT2D eigenvalue weighted by molar-refractivity contribution is -0.133. The smallest absolute Gasteiger partial charge is 0.236 e. The fraction of sp³-hybridized carbons (Fsp3) is 0.714. The van der Waals surface area contributed by atoms with Gasteiger partial charge in [-0.2, -0.15) is 0 Å². The number of aryl methyl sites for hydroxylation is 2. The molecule has 0 saturated carbocycles. The van der Waals surface area contributed by atoms with Crippen molar-refractivity contribution in [2.24, 2.45) is 0 Å². The van der Waals surface area contributed by atoms with E-state index in [0.717, 1.165) is 36.9 Å². The van der Waals surface area contributed by atoms with Crippen molar-refractivity contribution in [3.63, 3.8) is 0 Å². The maximum Gasteiger partial charge on any atom is 0.236 e. The Morgan fingerprint density at radius 3 is 2.65 bits per heavy atom. The van der Waals surface area contributed by atoms with E-state index in [4.69, 9.17) is 0 Å². The van der Waals surface area contributed by atoms with E-state index in [1.807, 2.05) is 25.8 Å². The van der Waals surface area contributed by atoms with Gasteiger partial charge in [-0.05, 0) is 27.8 Å². The van der Waals surface area contributed by atoms with Crippen LogP contribution in [0.2, 0.25) is 0 Å². The summed E-state index contributed by atoms with van der Waals surface area (Å²) in [5, 5.41) is 4.36. The summed E-state index contributed by atoms with van der Waals surface area (Å²) in [5.74, 6) is 0.222. The summed E-state index contributed by atoms with van der Waals surface area (Å²) >= 11 is 1.73. The van der Waals surface area contributed by atoms with Gasteiger partial charge in [0.05, 0.1) is 17.2 Å². The van der Waals surface area contributed by atoms with E-state index in [-0.39, 0.29) is 11.9 Å². The van der Waals surface area contributed by atoms with Gasteiger partial charge in [-0.1, -0.05) is 0 Å². The van der Waals surface area contributed by atoms with Crippen LogP contribution < -0.4 is 5.32 Å². The summed E-state index contributed by atoms with van der Waals surface area (Å²) in [6, 6.07) is 0.230. The summed E-state index contributed by atoms with van der Waals surface area (Å²) in [4.78, 5) is 22.1. The van der Waals surface area contributed by atoms with Gasteiger partial charge in [-0.3, -0.25) is 9.69 Å². The number of piperazine rings is 1. The van der Waals surface area contributed by atoms with Crippen LogP contribution in [0.4, 0.5) is 0 Å². The van der Waals surface area contributed by atoms with Gasteiger partial charge >= 0.3 is 0 Å². The second-order valence-electron chi connectivity index (χ2n) is 5.40. The van der Waals surface area contributed by atoms with Crippen LogP contribution in [0.5, 0.6) is 0 Å². The zero-order chi connectivity index (χ0) is 14.7. The third-order valence-electron chi connectivity index (χ3n) is 3.83. The second-order valence-corrected chi connectivity index (χ2v) is 6.64. The quantitative estimate of drug-likeness (QED) is 0.906. The Bertz CT molecular complexity index is 468. The Kier molecular flexibility index (Phi) is 5.12. The molecule has 0 aromatic carbocycles. The molecule has 0 radical (unpaired) electrons. The van der Waals surface area contributed by atoms with Crippen molar-refractivity contribution in [3.05, 3.63) is 15.6 Å². The highest BCUT2D eigenvalue weighted by molar-refractivity contribution is 7.11. The van der Waals surface area contributed by atoms with Crippen LogP contribution in [-0.2, 0) is 4.79 Å². The number of hydrogen-bond donors (Lipinski definition) is 1. The van der Waals surface area contributed by atoms with Crippen LogP contribution in [0.25, 0.3) is 0 Å².